The molecule has 168 valence electrons. The van der Waals surface area contributed by atoms with E-state index in [4.69, 9.17) is 4.98 Å². The molecule has 0 radical (unpaired) electrons. The van der Waals surface area contributed by atoms with E-state index in [1.54, 1.807) is 12.1 Å². The van der Waals surface area contributed by atoms with Gasteiger partial charge in [0.15, 0.2) is 12.1 Å². The second kappa shape index (κ2) is 8.11. The van der Waals surface area contributed by atoms with Crippen LogP contribution < -0.4 is 8.87 Å². The predicted molar refractivity (Wildman–Crippen MR) is 122 cm³/mol. The second-order valence-electron chi connectivity index (χ2n) is 9.79. The van der Waals surface area contributed by atoms with Gasteiger partial charge in [0, 0.05) is 31.8 Å². The minimum absolute atomic E-state index is 0.00152. The van der Waals surface area contributed by atoms with Crippen LogP contribution in [-0.2, 0) is 19.0 Å². The Morgan fingerprint density at radius 1 is 1.26 bits per heavy atom. The molecule has 2 aromatic heterocycles. The van der Waals surface area contributed by atoms with Crippen molar-refractivity contribution in [1.29, 1.82) is 0 Å². The molecule has 1 fully saturated rings. The number of hydrogen-bond donors (Lipinski definition) is 0. The van der Waals surface area contributed by atoms with E-state index < -0.39 is 5.92 Å². The summed E-state index contributed by atoms with van der Waals surface area (Å²) in [5.74, 6) is -1.20. The lowest BCUT2D eigenvalue weighted by atomic mass is 9.86. The van der Waals surface area contributed by atoms with Crippen molar-refractivity contribution in [2.45, 2.75) is 64.3 Å². The van der Waals surface area contributed by atoms with Crippen LogP contribution in [0.15, 0.2) is 36.9 Å². The number of aromatic nitrogens is 4. The highest BCUT2D eigenvalue weighted by Gasteiger charge is 2.35. The number of fused-ring (bicyclic) bond motifs is 1. The van der Waals surface area contributed by atoms with E-state index in [0.29, 0.717) is 12.8 Å². The third kappa shape index (κ3) is 4.89. The number of aryl methyl sites for hydroxylation is 1. The fourth-order valence-corrected chi connectivity index (χ4v) is 5.07. The van der Waals surface area contributed by atoms with Gasteiger partial charge in [0.1, 0.15) is 18.2 Å². The molecule has 1 aliphatic rings. The SMILES string of the molecule is CN(Sn1cc[n+](C)c1)c1ccc2c(c1)nc(C(C)(C)C)n2CC1CCC(F)(F)CC1. The Morgan fingerprint density at radius 2 is 1.97 bits per heavy atom. The van der Waals surface area contributed by atoms with Gasteiger partial charge in [-0.2, -0.15) is 3.97 Å². The molecule has 0 atom stereocenters. The van der Waals surface area contributed by atoms with Crippen LogP contribution in [0.2, 0.25) is 0 Å². The highest BCUT2D eigenvalue weighted by atomic mass is 32.2. The highest BCUT2D eigenvalue weighted by Crippen LogP contribution is 2.38. The average Bonchev–Trinajstić information content (AvgIpc) is 3.26. The van der Waals surface area contributed by atoms with E-state index >= 15 is 0 Å². The van der Waals surface area contributed by atoms with Gasteiger partial charge in [-0.3, -0.25) is 4.31 Å². The topological polar surface area (TPSA) is 29.9 Å². The first-order valence-electron chi connectivity index (χ1n) is 10.9. The lowest BCUT2D eigenvalue weighted by Gasteiger charge is -2.30. The van der Waals surface area contributed by atoms with Crippen molar-refractivity contribution in [3.63, 3.8) is 0 Å². The number of nitrogens with zero attached hydrogens (tertiary/aromatic N) is 5. The fraction of sp³-hybridized carbons (Fsp3) is 0.565. The number of rotatable bonds is 5. The maximum absolute atomic E-state index is 13.6. The van der Waals surface area contributed by atoms with Crippen molar-refractivity contribution in [1.82, 2.24) is 13.5 Å². The highest BCUT2D eigenvalue weighted by molar-refractivity contribution is 7.99. The molecular formula is C23H32F2N5S+. The molecule has 1 saturated carbocycles. The summed E-state index contributed by atoms with van der Waals surface area (Å²) < 4.78 is 35.7. The number of imidazole rings is 2. The molecule has 0 N–H and O–H groups in total. The summed E-state index contributed by atoms with van der Waals surface area (Å²) in [6, 6.07) is 6.35. The van der Waals surface area contributed by atoms with Crippen LogP contribution in [0.3, 0.4) is 0 Å². The Balaban J connectivity index is 1.62. The zero-order valence-electron chi connectivity index (χ0n) is 19.0. The van der Waals surface area contributed by atoms with Gasteiger partial charge in [-0.25, -0.2) is 18.3 Å². The van der Waals surface area contributed by atoms with Gasteiger partial charge in [-0.15, -0.1) is 0 Å². The Bertz CT molecular complexity index is 1060. The Kier molecular flexibility index (Phi) is 5.79. The number of benzene rings is 1. The molecule has 0 amide bonds. The van der Waals surface area contributed by atoms with E-state index in [1.807, 2.05) is 41.4 Å². The molecule has 1 aromatic carbocycles. The summed E-state index contributed by atoms with van der Waals surface area (Å²) >= 11 is 1.59. The van der Waals surface area contributed by atoms with Gasteiger partial charge in [-0.1, -0.05) is 20.8 Å². The van der Waals surface area contributed by atoms with Crippen LogP contribution in [-0.4, -0.2) is 26.5 Å². The molecule has 4 rings (SSSR count). The van der Waals surface area contributed by atoms with Crippen molar-refractivity contribution in [2.75, 3.05) is 11.4 Å². The molecule has 5 nitrogen and oxygen atoms in total. The zero-order chi connectivity index (χ0) is 22.4. The molecule has 0 aliphatic heterocycles. The van der Waals surface area contributed by atoms with E-state index in [2.05, 4.69) is 47.8 Å². The lowest BCUT2D eigenvalue weighted by Crippen LogP contribution is -2.28. The van der Waals surface area contributed by atoms with Crippen LogP contribution in [0.25, 0.3) is 11.0 Å². The van der Waals surface area contributed by atoms with Gasteiger partial charge in [-0.05, 0) is 37.0 Å². The summed E-state index contributed by atoms with van der Waals surface area (Å²) in [5, 5.41) is 0. The van der Waals surface area contributed by atoms with Crippen molar-refractivity contribution >= 4 is 28.9 Å². The van der Waals surface area contributed by atoms with Crippen LogP contribution in [0.4, 0.5) is 14.5 Å². The number of anilines is 1. The van der Waals surface area contributed by atoms with E-state index in [9.17, 15) is 8.78 Å². The fourth-order valence-electron chi connectivity index (χ4n) is 4.28. The normalized spacial score (nSPS) is 17.4. The quantitative estimate of drug-likeness (QED) is 0.390. The van der Waals surface area contributed by atoms with Crippen LogP contribution in [0, 0.1) is 5.92 Å². The lowest BCUT2D eigenvalue weighted by molar-refractivity contribution is -0.670. The molecule has 0 saturated heterocycles. The molecule has 31 heavy (non-hydrogen) atoms. The minimum Gasteiger partial charge on any atom is -0.327 e. The van der Waals surface area contributed by atoms with Crippen LogP contribution >= 0.6 is 12.1 Å². The monoisotopic (exact) mass is 448 g/mol. The Morgan fingerprint density at radius 3 is 2.58 bits per heavy atom. The first-order valence-corrected chi connectivity index (χ1v) is 11.6. The van der Waals surface area contributed by atoms with Crippen LogP contribution in [0.1, 0.15) is 52.3 Å². The first kappa shape index (κ1) is 22.1. The van der Waals surface area contributed by atoms with Gasteiger partial charge in [0.05, 0.1) is 23.8 Å². The number of hydrogen-bond acceptors (Lipinski definition) is 3. The number of alkyl halides is 2. The van der Waals surface area contributed by atoms with Crippen molar-refractivity contribution in [3.8, 4) is 0 Å². The van der Waals surface area contributed by atoms with Gasteiger partial charge < -0.3 is 4.57 Å². The largest absolute Gasteiger partial charge is 0.327 e. The molecule has 3 aromatic rings. The maximum Gasteiger partial charge on any atom is 0.256 e. The third-order valence-corrected chi connectivity index (χ3v) is 6.87. The first-order chi connectivity index (χ1) is 14.5. The summed E-state index contributed by atoms with van der Waals surface area (Å²) in [4.78, 5) is 5.00. The zero-order valence-corrected chi connectivity index (χ0v) is 19.8. The van der Waals surface area contributed by atoms with Crippen molar-refractivity contribution < 1.29 is 13.3 Å². The summed E-state index contributed by atoms with van der Waals surface area (Å²) in [6.07, 6.45) is 7.17. The summed E-state index contributed by atoms with van der Waals surface area (Å²) in [7, 11) is 4.03. The maximum atomic E-state index is 13.6. The minimum atomic E-state index is -2.49. The number of halogens is 2. The van der Waals surface area contributed by atoms with Gasteiger partial charge in [0.25, 0.3) is 6.33 Å². The second-order valence-corrected chi connectivity index (χ2v) is 10.9. The van der Waals surface area contributed by atoms with E-state index in [-0.39, 0.29) is 24.2 Å². The molecule has 0 unspecified atom stereocenters. The third-order valence-electron chi connectivity index (χ3n) is 6.01. The summed E-state index contributed by atoms with van der Waals surface area (Å²) in [5.41, 5.74) is 2.97. The van der Waals surface area contributed by atoms with E-state index in [0.717, 1.165) is 29.1 Å². The smallest absolute Gasteiger partial charge is 0.256 e. The van der Waals surface area contributed by atoms with Crippen LogP contribution in [0.5, 0.6) is 0 Å². The van der Waals surface area contributed by atoms with E-state index in [1.165, 1.54) is 0 Å². The standard InChI is InChI=1S/C23H32F2N5S/c1-22(2,3)21-26-19-14-18(28(5)31-29-13-12-27(4)16-29)6-7-20(19)30(21)15-17-8-10-23(24,25)11-9-17/h6-7,12-14,16-17H,8-11,15H2,1-5H3/q+1. The Hall–Kier alpha value is -2.09. The van der Waals surface area contributed by atoms with Crippen molar-refractivity contribution in [2.24, 2.45) is 13.0 Å². The van der Waals surface area contributed by atoms with Crippen molar-refractivity contribution in [3.05, 3.63) is 42.7 Å². The molecule has 0 spiro atoms. The molecule has 8 heteroatoms. The average molecular weight is 449 g/mol. The Labute approximate surface area is 187 Å². The molecule has 1 aliphatic carbocycles. The molecular weight excluding hydrogens is 416 g/mol. The molecule has 0 bridgehead atoms. The molecule has 2 heterocycles. The predicted octanol–water partition coefficient (Wildman–Crippen LogP) is 5.33. The summed E-state index contributed by atoms with van der Waals surface area (Å²) in [6.45, 7) is 7.24. The van der Waals surface area contributed by atoms with Gasteiger partial charge >= 0.3 is 0 Å². The van der Waals surface area contributed by atoms with Gasteiger partial charge in [0.2, 0.25) is 5.92 Å².